The minimum atomic E-state index is -1.90. The maximum atomic E-state index is 14.0. The number of anilines is 2. The van der Waals surface area contributed by atoms with Crippen molar-refractivity contribution in [3.8, 4) is 0 Å². The Morgan fingerprint density at radius 1 is 1.07 bits per heavy atom. The van der Waals surface area contributed by atoms with E-state index in [2.05, 4.69) is 15.5 Å². The summed E-state index contributed by atoms with van der Waals surface area (Å²) >= 11 is 0. The number of carboxylic acid groups (broad SMARTS) is 1. The van der Waals surface area contributed by atoms with Crippen molar-refractivity contribution < 1.29 is 29.4 Å². The van der Waals surface area contributed by atoms with Crippen molar-refractivity contribution >= 4 is 64.4 Å². The SMILES string of the molecule is CC(C)CC1C(=O)N2c3ccccc3C(C[C@@H]3NCC4=C(C(=O)CC(=O)C4)N4Cc5ccccc5NC34)C2(O)N1CC(=O)O.[NaH]. The summed E-state index contributed by atoms with van der Waals surface area (Å²) in [7, 11) is 0. The van der Waals surface area contributed by atoms with Gasteiger partial charge in [-0.2, -0.15) is 0 Å². The number of rotatable bonds is 6. The summed E-state index contributed by atoms with van der Waals surface area (Å²) in [6, 6.07) is 14.2. The topological polar surface area (TPSA) is 143 Å². The Morgan fingerprint density at radius 2 is 1.80 bits per heavy atom. The number of ketones is 2. The molecular formula is C33H38N5NaO6. The van der Waals surface area contributed by atoms with E-state index in [1.165, 1.54) is 9.80 Å². The van der Waals surface area contributed by atoms with Gasteiger partial charge in [0.05, 0.1) is 29.8 Å². The fourth-order valence-electron chi connectivity index (χ4n) is 8.02. The summed E-state index contributed by atoms with van der Waals surface area (Å²) in [4.78, 5) is 56.9. The number of carbonyl (C=O) groups excluding carboxylic acids is 3. The van der Waals surface area contributed by atoms with Crippen LogP contribution in [0.15, 0.2) is 59.8 Å². The van der Waals surface area contributed by atoms with Crippen LogP contribution in [0.4, 0.5) is 11.4 Å². The Hall–Kier alpha value is -3.06. The van der Waals surface area contributed by atoms with E-state index in [0.29, 0.717) is 37.3 Å². The molecule has 1 fully saturated rings. The maximum absolute atomic E-state index is 14.0. The number of nitrogens with one attached hydrogen (secondary N) is 2. The zero-order valence-corrected chi connectivity index (χ0v) is 24.8. The average molecular weight is 624 g/mol. The number of para-hydroxylation sites is 2. The summed E-state index contributed by atoms with van der Waals surface area (Å²) in [6.07, 6.45) is 0.399. The number of hydrogen-bond donors (Lipinski definition) is 4. The first-order valence-electron chi connectivity index (χ1n) is 15.3. The van der Waals surface area contributed by atoms with Crippen molar-refractivity contribution in [2.45, 2.75) is 76.1 Å². The van der Waals surface area contributed by atoms with Crippen molar-refractivity contribution in [2.24, 2.45) is 5.92 Å². The number of amides is 1. The number of carboxylic acids is 1. The standard InChI is InChI=1S/C33H37N5O6.Na.H/c1-18(2)11-27-32(43)38-26-10-6-4-8-22(26)23(33(38,44)37(27)17-29(41)42)14-25-31-35-24-9-5-3-7-19(24)16-36(31)30-20(15-34-25)12-21(39)13-28(30)40;;/h3-10,18,23,25,27,31,34-35,44H,11-17H2,1-2H3,(H,41,42);;/t23?,25-,27?,31?,33?;;/m0../s1. The van der Waals surface area contributed by atoms with E-state index in [4.69, 9.17) is 0 Å². The molecule has 4 aliphatic heterocycles. The molecule has 4 heterocycles. The zero-order valence-electron chi connectivity index (χ0n) is 24.8. The molecule has 7 rings (SSSR count). The van der Waals surface area contributed by atoms with Crippen LogP contribution in [-0.2, 0) is 25.7 Å². The van der Waals surface area contributed by atoms with Gasteiger partial charge in [0, 0.05) is 31.2 Å². The van der Waals surface area contributed by atoms with E-state index in [0.717, 1.165) is 22.4 Å². The fourth-order valence-corrected chi connectivity index (χ4v) is 8.02. The Kier molecular flexibility index (Phi) is 8.47. The van der Waals surface area contributed by atoms with Crippen molar-refractivity contribution in [1.82, 2.24) is 15.1 Å². The number of benzene rings is 2. The molecule has 11 nitrogen and oxygen atoms in total. The van der Waals surface area contributed by atoms with Crippen LogP contribution in [0, 0.1) is 5.92 Å². The number of fused-ring (bicyclic) bond motifs is 6. The first-order chi connectivity index (χ1) is 21.1. The van der Waals surface area contributed by atoms with Crippen LogP contribution in [0.25, 0.3) is 0 Å². The van der Waals surface area contributed by atoms with E-state index >= 15 is 0 Å². The van der Waals surface area contributed by atoms with E-state index in [-0.39, 0.29) is 71.8 Å². The fraction of sp³-hybridized carbons (Fsp3) is 0.455. The molecule has 0 spiro atoms. The van der Waals surface area contributed by atoms with Gasteiger partial charge in [-0.1, -0.05) is 50.2 Å². The van der Waals surface area contributed by atoms with Gasteiger partial charge in [-0.15, -0.1) is 0 Å². The van der Waals surface area contributed by atoms with Crippen LogP contribution in [-0.4, -0.2) is 110 Å². The van der Waals surface area contributed by atoms with E-state index in [9.17, 15) is 29.4 Å². The van der Waals surface area contributed by atoms with Crippen LogP contribution in [0.3, 0.4) is 0 Å². The van der Waals surface area contributed by atoms with Gasteiger partial charge in [-0.25, -0.2) is 4.90 Å². The summed E-state index contributed by atoms with van der Waals surface area (Å²) in [5.41, 5.74) is 4.64. The third-order valence-corrected chi connectivity index (χ3v) is 9.75. The first-order valence-corrected chi connectivity index (χ1v) is 15.3. The number of aliphatic hydroxyl groups is 1. The molecule has 5 atom stereocenters. The molecule has 0 aromatic heterocycles. The molecule has 2 aromatic rings. The molecule has 232 valence electrons. The van der Waals surface area contributed by atoms with Gasteiger partial charge >= 0.3 is 35.5 Å². The molecule has 0 bridgehead atoms. The second-order valence-corrected chi connectivity index (χ2v) is 13.0. The van der Waals surface area contributed by atoms with Gasteiger partial charge in [-0.3, -0.25) is 24.1 Å². The second-order valence-electron chi connectivity index (χ2n) is 13.0. The van der Waals surface area contributed by atoms with Gasteiger partial charge < -0.3 is 25.7 Å². The van der Waals surface area contributed by atoms with Crippen molar-refractivity contribution in [3.05, 3.63) is 70.9 Å². The third kappa shape index (κ3) is 5.14. The van der Waals surface area contributed by atoms with E-state index in [1.54, 1.807) is 6.07 Å². The quantitative estimate of drug-likeness (QED) is 0.278. The van der Waals surface area contributed by atoms with Crippen molar-refractivity contribution in [3.63, 3.8) is 0 Å². The predicted molar refractivity (Wildman–Crippen MR) is 168 cm³/mol. The molecule has 5 aliphatic rings. The van der Waals surface area contributed by atoms with Gasteiger partial charge in [-0.05, 0) is 47.6 Å². The molecule has 12 heteroatoms. The van der Waals surface area contributed by atoms with Gasteiger partial charge in [0.15, 0.2) is 5.78 Å². The van der Waals surface area contributed by atoms with Gasteiger partial charge in [0.2, 0.25) is 11.8 Å². The molecule has 0 saturated carbocycles. The molecule has 1 aliphatic carbocycles. The number of hydrogen-bond acceptors (Lipinski definition) is 9. The average Bonchev–Trinajstić information content (AvgIpc) is 3.26. The number of aliphatic carboxylic acids is 1. The Morgan fingerprint density at radius 3 is 2.56 bits per heavy atom. The predicted octanol–water partition coefficient (Wildman–Crippen LogP) is 1.73. The Bertz CT molecular complexity index is 1610. The molecule has 4 N–H and O–H groups in total. The summed E-state index contributed by atoms with van der Waals surface area (Å²) in [5.74, 6) is -4.19. The van der Waals surface area contributed by atoms with E-state index in [1.807, 2.05) is 56.3 Å². The molecule has 0 radical (unpaired) electrons. The number of Topliss-reactive ketones (excluding diaryl/α,β-unsaturated/α-hetero) is 2. The van der Waals surface area contributed by atoms with Crippen LogP contribution >= 0.6 is 0 Å². The zero-order chi connectivity index (χ0) is 30.9. The van der Waals surface area contributed by atoms with E-state index < -0.39 is 36.5 Å². The molecule has 45 heavy (non-hydrogen) atoms. The Labute approximate surface area is 283 Å². The summed E-state index contributed by atoms with van der Waals surface area (Å²) < 4.78 is 0. The van der Waals surface area contributed by atoms with Crippen LogP contribution in [0.2, 0.25) is 0 Å². The van der Waals surface area contributed by atoms with Crippen molar-refractivity contribution in [1.29, 1.82) is 0 Å². The number of nitrogens with zero attached hydrogens (tertiary/aromatic N) is 3. The van der Waals surface area contributed by atoms with Crippen LogP contribution < -0.4 is 15.5 Å². The molecule has 4 unspecified atom stereocenters. The van der Waals surface area contributed by atoms with Crippen LogP contribution in [0.1, 0.15) is 56.6 Å². The number of allylic oxidation sites excluding steroid dienone is 1. The molecule has 1 saturated heterocycles. The Balaban J connectivity index is 0.00000357. The first kappa shape index (κ1) is 31.9. The number of carbonyl (C=O) groups is 4. The molecule has 2 aromatic carbocycles. The molecule has 1 amide bonds. The third-order valence-electron chi connectivity index (χ3n) is 9.75. The van der Waals surface area contributed by atoms with Crippen LogP contribution in [0.5, 0.6) is 0 Å². The summed E-state index contributed by atoms with van der Waals surface area (Å²) in [5, 5.41) is 29.9. The molecular weight excluding hydrogens is 585 g/mol. The van der Waals surface area contributed by atoms with Gasteiger partial charge in [0.25, 0.3) is 0 Å². The minimum absolute atomic E-state index is 0. The second kappa shape index (κ2) is 11.9. The van der Waals surface area contributed by atoms with Crippen molar-refractivity contribution in [2.75, 3.05) is 23.3 Å². The normalized spacial score (nSPS) is 28.9. The van der Waals surface area contributed by atoms with Gasteiger partial charge in [0.1, 0.15) is 18.5 Å². The summed E-state index contributed by atoms with van der Waals surface area (Å²) in [6.45, 7) is 4.26. The monoisotopic (exact) mass is 623 g/mol.